The van der Waals surface area contributed by atoms with Gasteiger partial charge in [0.1, 0.15) is 11.5 Å². The van der Waals surface area contributed by atoms with Crippen LogP contribution in [0.2, 0.25) is 0 Å². The van der Waals surface area contributed by atoms with E-state index < -0.39 is 5.60 Å². The van der Waals surface area contributed by atoms with Crippen LogP contribution in [0.5, 0.6) is 0 Å². The number of hydrogen-bond donors (Lipinski definition) is 2. The minimum atomic E-state index is -0.789. The molecule has 2 rings (SSSR count). The number of carbonyl (C=O) groups excluding carboxylic acids is 1. The first-order chi connectivity index (χ1) is 7.90. The minimum Gasteiger partial charge on any atom is -0.466 e. The Bertz CT molecular complexity index is 430. The molecule has 0 radical (unpaired) electrons. The van der Waals surface area contributed by atoms with E-state index in [0.29, 0.717) is 23.8 Å². The van der Waals surface area contributed by atoms with E-state index in [4.69, 9.17) is 4.42 Å². The molecule has 1 aromatic rings. The van der Waals surface area contributed by atoms with E-state index in [1.54, 1.807) is 19.9 Å². The maximum Gasteiger partial charge on any atom is 0.254 e. The predicted molar refractivity (Wildman–Crippen MR) is 63.9 cm³/mol. The van der Waals surface area contributed by atoms with Crippen molar-refractivity contribution in [2.24, 2.45) is 5.92 Å². The van der Waals surface area contributed by atoms with Gasteiger partial charge in [-0.05, 0) is 45.6 Å². The SMILES string of the molecule is Cc1cc(C(=O)NCC(C)(O)C2CC2)c(C)o1. The first-order valence-corrected chi connectivity index (χ1v) is 5.98. The zero-order valence-electron chi connectivity index (χ0n) is 10.5. The van der Waals surface area contributed by atoms with Gasteiger partial charge in [-0.3, -0.25) is 4.79 Å². The van der Waals surface area contributed by atoms with Crippen molar-refractivity contribution >= 4 is 5.91 Å². The second-order valence-corrected chi connectivity index (χ2v) is 5.14. The van der Waals surface area contributed by atoms with Crippen molar-refractivity contribution in [3.63, 3.8) is 0 Å². The van der Waals surface area contributed by atoms with Gasteiger partial charge in [0, 0.05) is 6.54 Å². The Morgan fingerprint density at radius 2 is 2.24 bits per heavy atom. The maximum atomic E-state index is 11.9. The highest BCUT2D eigenvalue weighted by molar-refractivity contribution is 5.95. The van der Waals surface area contributed by atoms with Gasteiger partial charge in [-0.1, -0.05) is 0 Å². The summed E-state index contributed by atoms with van der Waals surface area (Å²) in [6.07, 6.45) is 2.10. The molecule has 1 heterocycles. The Morgan fingerprint density at radius 3 is 2.71 bits per heavy atom. The van der Waals surface area contributed by atoms with Crippen LogP contribution in [0.4, 0.5) is 0 Å². The number of hydrogen-bond acceptors (Lipinski definition) is 3. The molecule has 1 aliphatic carbocycles. The third kappa shape index (κ3) is 2.69. The fourth-order valence-corrected chi connectivity index (χ4v) is 2.06. The average Bonchev–Trinajstić information content (AvgIpc) is 3.02. The van der Waals surface area contributed by atoms with Crippen LogP contribution >= 0.6 is 0 Å². The molecular weight excluding hydrogens is 218 g/mol. The molecule has 1 aliphatic rings. The monoisotopic (exact) mass is 237 g/mol. The number of amides is 1. The van der Waals surface area contributed by atoms with Gasteiger partial charge in [0.2, 0.25) is 0 Å². The minimum absolute atomic E-state index is 0.180. The van der Waals surface area contributed by atoms with Crippen LogP contribution in [-0.4, -0.2) is 23.2 Å². The Balaban J connectivity index is 1.95. The smallest absolute Gasteiger partial charge is 0.254 e. The van der Waals surface area contributed by atoms with E-state index in [0.717, 1.165) is 18.6 Å². The normalized spacial score (nSPS) is 18.8. The third-order valence-corrected chi connectivity index (χ3v) is 3.35. The molecule has 0 spiro atoms. The molecule has 0 aliphatic heterocycles. The van der Waals surface area contributed by atoms with Gasteiger partial charge in [0.05, 0.1) is 11.2 Å². The number of nitrogens with one attached hydrogen (secondary N) is 1. The fourth-order valence-electron chi connectivity index (χ4n) is 2.06. The molecule has 1 atom stereocenters. The van der Waals surface area contributed by atoms with Crippen molar-refractivity contribution in [3.8, 4) is 0 Å². The van der Waals surface area contributed by atoms with Gasteiger partial charge in [0.25, 0.3) is 5.91 Å². The summed E-state index contributed by atoms with van der Waals surface area (Å²) in [4.78, 5) is 11.9. The quantitative estimate of drug-likeness (QED) is 0.839. The van der Waals surface area contributed by atoms with E-state index in [-0.39, 0.29) is 5.91 Å². The lowest BCUT2D eigenvalue weighted by Gasteiger charge is -2.23. The van der Waals surface area contributed by atoms with Gasteiger partial charge >= 0.3 is 0 Å². The number of furan rings is 1. The standard InChI is InChI=1S/C13H19NO3/c1-8-6-11(9(2)17-8)12(15)14-7-13(3,16)10-4-5-10/h6,10,16H,4-5,7H2,1-3H3,(H,14,15). The van der Waals surface area contributed by atoms with Crippen LogP contribution in [0, 0.1) is 19.8 Å². The molecule has 1 fully saturated rings. The van der Waals surface area contributed by atoms with Crippen LogP contribution in [-0.2, 0) is 0 Å². The van der Waals surface area contributed by atoms with Crippen molar-refractivity contribution in [1.82, 2.24) is 5.32 Å². The molecule has 0 bridgehead atoms. The van der Waals surface area contributed by atoms with E-state index in [1.807, 2.05) is 6.92 Å². The molecule has 1 aromatic heterocycles. The second-order valence-electron chi connectivity index (χ2n) is 5.14. The number of carbonyl (C=O) groups is 1. The van der Waals surface area contributed by atoms with Crippen LogP contribution in [0.1, 0.15) is 41.6 Å². The molecule has 4 heteroatoms. The average molecular weight is 237 g/mol. The summed E-state index contributed by atoms with van der Waals surface area (Å²) >= 11 is 0. The summed E-state index contributed by atoms with van der Waals surface area (Å²) in [6.45, 7) is 5.64. The lowest BCUT2D eigenvalue weighted by Crippen LogP contribution is -2.42. The highest BCUT2D eigenvalue weighted by Gasteiger charge is 2.40. The van der Waals surface area contributed by atoms with Crippen LogP contribution in [0.25, 0.3) is 0 Å². The molecule has 0 saturated heterocycles. The zero-order valence-corrected chi connectivity index (χ0v) is 10.5. The molecule has 0 aromatic carbocycles. The molecule has 1 saturated carbocycles. The molecule has 17 heavy (non-hydrogen) atoms. The Hall–Kier alpha value is -1.29. The van der Waals surface area contributed by atoms with E-state index >= 15 is 0 Å². The Morgan fingerprint density at radius 1 is 1.59 bits per heavy atom. The third-order valence-electron chi connectivity index (χ3n) is 3.35. The Labute approximate surface area is 101 Å². The van der Waals surface area contributed by atoms with Crippen molar-refractivity contribution in [2.75, 3.05) is 6.54 Å². The van der Waals surface area contributed by atoms with Gasteiger partial charge in [-0.2, -0.15) is 0 Å². The van der Waals surface area contributed by atoms with Crippen molar-refractivity contribution in [2.45, 2.75) is 39.2 Å². The predicted octanol–water partition coefficient (Wildman–Crippen LogP) is 1.79. The second kappa shape index (κ2) is 4.18. The molecular formula is C13H19NO3. The van der Waals surface area contributed by atoms with Gasteiger partial charge in [-0.25, -0.2) is 0 Å². The first kappa shape index (κ1) is 12.2. The van der Waals surface area contributed by atoms with E-state index in [9.17, 15) is 9.90 Å². The van der Waals surface area contributed by atoms with Crippen molar-refractivity contribution < 1.29 is 14.3 Å². The number of aliphatic hydroxyl groups is 1. The first-order valence-electron chi connectivity index (χ1n) is 5.98. The summed E-state index contributed by atoms with van der Waals surface area (Å²) in [5.41, 5.74) is -0.239. The van der Waals surface area contributed by atoms with Gasteiger partial charge < -0.3 is 14.8 Å². The van der Waals surface area contributed by atoms with Crippen LogP contribution < -0.4 is 5.32 Å². The van der Waals surface area contributed by atoms with Crippen molar-refractivity contribution in [1.29, 1.82) is 0 Å². The topological polar surface area (TPSA) is 62.5 Å². The molecule has 1 amide bonds. The number of rotatable bonds is 4. The summed E-state index contributed by atoms with van der Waals surface area (Å²) in [5, 5.41) is 12.9. The zero-order chi connectivity index (χ0) is 12.6. The molecule has 1 unspecified atom stereocenters. The highest BCUT2D eigenvalue weighted by atomic mass is 16.3. The van der Waals surface area contributed by atoms with Gasteiger partial charge in [0.15, 0.2) is 0 Å². The Kier molecular flexibility index (Phi) is 3.00. The summed E-state index contributed by atoms with van der Waals surface area (Å²) in [7, 11) is 0. The fraction of sp³-hybridized carbons (Fsp3) is 0.615. The van der Waals surface area contributed by atoms with Crippen LogP contribution in [0.15, 0.2) is 10.5 Å². The molecule has 4 nitrogen and oxygen atoms in total. The molecule has 2 N–H and O–H groups in total. The summed E-state index contributed by atoms with van der Waals surface area (Å²) in [6, 6.07) is 1.72. The van der Waals surface area contributed by atoms with E-state index in [2.05, 4.69) is 5.32 Å². The van der Waals surface area contributed by atoms with Gasteiger partial charge in [-0.15, -0.1) is 0 Å². The van der Waals surface area contributed by atoms with Crippen LogP contribution in [0.3, 0.4) is 0 Å². The number of aryl methyl sites for hydroxylation is 2. The summed E-state index contributed by atoms with van der Waals surface area (Å²) < 4.78 is 5.30. The maximum absolute atomic E-state index is 11.9. The van der Waals surface area contributed by atoms with E-state index in [1.165, 1.54) is 0 Å². The summed E-state index contributed by atoms with van der Waals surface area (Å²) in [5.74, 6) is 1.49. The largest absolute Gasteiger partial charge is 0.466 e. The molecule has 94 valence electrons. The highest BCUT2D eigenvalue weighted by Crippen LogP contribution is 2.39. The lowest BCUT2D eigenvalue weighted by atomic mass is 10.0. The van der Waals surface area contributed by atoms with Crippen molar-refractivity contribution in [3.05, 3.63) is 23.2 Å². The lowest BCUT2D eigenvalue weighted by molar-refractivity contribution is 0.0354.